The van der Waals surface area contributed by atoms with E-state index in [0.717, 1.165) is 0 Å². The molecule has 1 aromatic rings. The Morgan fingerprint density at radius 3 is 2.40 bits per heavy atom. The van der Waals surface area contributed by atoms with Gasteiger partial charge < -0.3 is 15.2 Å². The molecule has 0 aromatic heterocycles. The first kappa shape index (κ1) is 16.3. The predicted molar refractivity (Wildman–Crippen MR) is 76.0 cm³/mol. The number of hydrogen-bond donors (Lipinski definition) is 2. The third kappa shape index (κ3) is 4.74. The van der Waals surface area contributed by atoms with Crippen molar-refractivity contribution in [3.05, 3.63) is 29.3 Å². The minimum atomic E-state index is -1.11. The molecule has 2 N–H and O–H groups in total. The van der Waals surface area contributed by atoms with Crippen LogP contribution < -0.4 is 10.1 Å². The Kier molecular flexibility index (Phi) is 5.39. The quantitative estimate of drug-likeness (QED) is 0.845. The Hall–Kier alpha value is -1.75. The highest BCUT2D eigenvalue weighted by atomic mass is 35.5. The maximum absolute atomic E-state index is 12.0. The van der Waals surface area contributed by atoms with Crippen LogP contribution in [0, 0.1) is 5.92 Å². The second-order valence-electron chi connectivity index (χ2n) is 5.02. The van der Waals surface area contributed by atoms with Crippen LogP contribution in [0.1, 0.15) is 20.8 Å². The van der Waals surface area contributed by atoms with Crippen LogP contribution in [-0.4, -0.2) is 29.1 Å². The number of aliphatic carboxylic acids is 1. The molecule has 1 atom stereocenters. The number of ether oxygens (including phenoxy) is 1. The molecule has 0 aliphatic heterocycles. The fraction of sp³-hybridized carbons (Fsp3) is 0.429. The zero-order valence-electron chi connectivity index (χ0n) is 11.6. The SMILES string of the molecule is CC(CNC(=O)C(C)(C)Oc1ccc(Cl)cc1)C(=O)O. The zero-order chi connectivity index (χ0) is 15.3. The number of hydrogen-bond acceptors (Lipinski definition) is 3. The van der Waals surface area contributed by atoms with Gasteiger partial charge in [-0.05, 0) is 38.1 Å². The number of amides is 1. The van der Waals surface area contributed by atoms with Crippen LogP contribution >= 0.6 is 11.6 Å². The van der Waals surface area contributed by atoms with Gasteiger partial charge in [0.1, 0.15) is 5.75 Å². The van der Waals surface area contributed by atoms with Crippen molar-refractivity contribution in [2.45, 2.75) is 26.4 Å². The van der Waals surface area contributed by atoms with E-state index < -0.39 is 17.5 Å². The van der Waals surface area contributed by atoms with Gasteiger partial charge in [0, 0.05) is 11.6 Å². The molecular formula is C14H18ClNO4. The van der Waals surface area contributed by atoms with E-state index in [1.807, 2.05) is 0 Å². The number of nitrogens with one attached hydrogen (secondary N) is 1. The Morgan fingerprint density at radius 1 is 1.35 bits per heavy atom. The average Bonchev–Trinajstić information content (AvgIpc) is 2.37. The van der Waals surface area contributed by atoms with Crippen LogP contribution in [0.3, 0.4) is 0 Å². The number of carboxylic acid groups (broad SMARTS) is 1. The lowest BCUT2D eigenvalue weighted by Crippen LogP contribution is -2.48. The smallest absolute Gasteiger partial charge is 0.308 e. The first-order valence-electron chi connectivity index (χ1n) is 6.18. The molecule has 0 heterocycles. The second kappa shape index (κ2) is 6.61. The highest BCUT2D eigenvalue weighted by molar-refractivity contribution is 6.30. The van der Waals surface area contributed by atoms with Gasteiger partial charge in [0.25, 0.3) is 5.91 Å². The third-order valence-electron chi connectivity index (χ3n) is 2.72. The lowest BCUT2D eigenvalue weighted by atomic mass is 10.1. The van der Waals surface area contributed by atoms with Gasteiger partial charge in [-0.2, -0.15) is 0 Å². The van der Waals surface area contributed by atoms with Gasteiger partial charge in [0.05, 0.1) is 5.92 Å². The maximum atomic E-state index is 12.0. The van der Waals surface area contributed by atoms with Crippen molar-refractivity contribution in [2.75, 3.05) is 6.54 Å². The first-order valence-corrected chi connectivity index (χ1v) is 6.56. The fourth-order valence-electron chi connectivity index (χ4n) is 1.39. The van der Waals surface area contributed by atoms with E-state index in [0.29, 0.717) is 10.8 Å². The first-order chi connectivity index (χ1) is 9.22. The lowest BCUT2D eigenvalue weighted by molar-refractivity contribution is -0.141. The summed E-state index contributed by atoms with van der Waals surface area (Å²) in [7, 11) is 0. The molecule has 6 heteroatoms. The summed E-state index contributed by atoms with van der Waals surface area (Å²) in [5, 5.41) is 11.9. The highest BCUT2D eigenvalue weighted by Crippen LogP contribution is 2.21. The van der Waals surface area contributed by atoms with Crippen LogP contribution in [0.4, 0.5) is 0 Å². The molecule has 0 radical (unpaired) electrons. The van der Waals surface area contributed by atoms with Crippen LogP contribution in [-0.2, 0) is 9.59 Å². The van der Waals surface area contributed by atoms with Gasteiger partial charge >= 0.3 is 5.97 Å². The third-order valence-corrected chi connectivity index (χ3v) is 2.98. The van der Waals surface area contributed by atoms with E-state index in [4.69, 9.17) is 21.4 Å². The molecule has 20 heavy (non-hydrogen) atoms. The van der Waals surface area contributed by atoms with Gasteiger partial charge in [0.2, 0.25) is 0 Å². The molecule has 0 fully saturated rings. The molecular weight excluding hydrogens is 282 g/mol. The van der Waals surface area contributed by atoms with Crippen molar-refractivity contribution in [3.63, 3.8) is 0 Å². The Balaban J connectivity index is 2.61. The summed E-state index contributed by atoms with van der Waals surface area (Å²) in [4.78, 5) is 22.7. The van der Waals surface area contributed by atoms with Crippen molar-refractivity contribution in [1.82, 2.24) is 5.32 Å². The van der Waals surface area contributed by atoms with E-state index in [2.05, 4.69) is 5.32 Å². The Morgan fingerprint density at radius 2 is 1.90 bits per heavy atom. The number of carbonyl (C=O) groups excluding carboxylic acids is 1. The molecule has 110 valence electrons. The molecule has 1 rings (SSSR count). The van der Waals surface area contributed by atoms with Crippen molar-refractivity contribution >= 4 is 23.5 Å². The maximum Gasteiger partial charge on any atom is 0.308 e. The second-order valence-corrected chi connectivity index (χ2v) is 5.45. The number of carboxylic acids is 1. The summed E-state index contributed by atoms with van der Waals surface area (Å²) >= 11 is 5.77. The molecule has 1 aromatic carbocycles. The normalized spacial score (nSPS) is 12.6. The van der Waals surface area contributed by atoms with Crippen molar-refractivity contribution in [1.29, 1.82) is 0 Å². The van der Waals surface area contributed by atoms with Crippen LogP contribution in [0.5, 0.6) is 5.75 Å². The summed E-state index contributed by atoms with van der Waals surface area (Å²) in [5.74, 6) is -1.46. The number of benzene rings is 1. The fourth-order valence-corrected chi connectivity index (χ4v) is 1.52. The number of carbonyl (C=O) groups is 2. The Labute approximate surface area is 122 Å². The molecule has 0 spiro atoms. The van der Waals surface area contributed by atoms with Gasteiger partial charge in [0.15, 0.2) is 5.60 Å². The minimum absolute atomic E-state index is 0.0571. The van der Waals surface area contributed by atoms with E-state index in [1.165, 1.54) is 6.92 Å². The largest absolute Gasteiger partial charge is 0.481 e. The minimum Gasteiger partial charge on any atom is -0.481 e. The molecule has 0 aliphatic rings. The molecule has 0 saturated carbocycles. The van der Waals surface area contributed by atoms with Gasteiger partial charge in [-0.1, -0.05) is 18.5 Å². The van der Waals surface area contributed by atoms with Gasteiger partial charge in [-0.15, -0.1) is 0 Å². The highest BCUT2D eigenvalue weighted by Gasteiger charge is 2.30. The van der Waals surface area contributed by atoms with Gasteiger partial charge in [-0.3, -0.25) is 9.59 Å². The molecule has 0 bridgehead atoms. The van der Waals surface area contributed by atoms with Crippen molar-refractivity contribution < 1.29 is 19.4 Å². The zero-order valence-corrected chi connectivity index (χ0v) is 12.4. The standard InChI is InChI=1S/C14H18ClNO4/c1-9(12(17)18)8-16-13(19)14(2,3)20-11-6-4-10(15)5-7-11/h4-7,9H,8H2,1-3H3,(H,16,19)(H,17,18). The average molecular weight is 300 g/mol. The van der Waals surface area contributed by atoms with Crippen LogP contribution in [0.25, 0.3) is 0 Å². The van der Waals surface area contributed by atoms with Crippen LogP contribution in [0.15, 0.2) is 24.3 Å². The van der Waals surface area contributed by atoms with Crippen LogP contribution in [0.2, 0.25) is 5.02 Å². The monoisotopic (exact) mass is 299 g/mol. The van der Waals surface area contributed by atoms with E-state index in [9.17, 15) is 9.59 Å². The number of rotatable bonds is 6. The lowest BCUT2D eigenvalue weighted by Gasteiger charge is -2.25. The van der Waals surface area contributed by atoms with Crippen molar-refractivity contribution in [3.8, 4) is 5.75 Å². The molecule has 1 amide bonds. The van der Waals surface area contributed by atoms with E-state index in [1.54, 1.807) is 38.1 Å². The molecule has 0 saturated heterocycles. The molecule has 5 nitrogen and oxygen atoms in total. The van der Waals surface area contributed by atoms with E-state index >= 15 is 0 Å². The topological polar surface area (TPSA) is 75.6 Å². The molecule has 1 unspecified atom stereocenters. The summed E-state index contributed by atoms with van der Waals surface area (Å²) in [5.41, 5.74) is -1.11. The Bertz CT molecular complexity index is 484. The van der Waals surface area contributed by atoms with Gasteiger partial charge in [-0.25, -0.2) is 0 Å². The van der Waals surface area contributed by atoms with Crippen molar-refractivity contribution in [2.24, 2.45) is 5.92 Å². The summed E-state index contributed by atoms with van der Waals surface area (Å²) in [6.07, 6.45) is 0. The van der Waals surface area contributed by atoms with E-state index in [-0.39, 0.29) is 12.5 Å². The summed E-state index contributed by atoms with van der Waals surface area (Å²) in [6.45, 7) is 4.81. The summed E-state index contributed by atoms with van der Waals surface area (Å²) in [6, 6.07) is 6.66. The summed E-state index contributed by atoms with van der Waals surface area (Å²) < 4.78 is 5.59. The molecule has 0 aliphatic carbocycles. The predicted octanol–water partition coefficient (Wildman–Crippen LogP) is 2.33. The number of halogens is 1.